The summed E-state index contributed by atoms with van der Waals surface area (Å²) in [5.41, 5.74) is 9.27. The molecule has 0 saturated carbocycles. The van der Waals surface area contributed by atoms with Gasteiger partial charge in [-0.05, 0) is 36.9 Å². The maximum absolute atomic E-state index is 5.75. The minimum atomic E-state index is 0.657. The average Bonchev–Trinajstić information content (AvgIpc) is 2.82. The molecule has 0 fully saturated rings. The summed E-state index contributed by atoms with van der Waals surface area (Å²) in [6.07, 6.45) is 0. The maximum atomic E-state index is 5.75. The minimum absolute atomic E-state index is 0.657. The van der Waals surface area contributed by atoms with Gasteiger partial charge in [-0.25, -0.2) is 4.98 Å². The summed E-state index contributed by atoms with van der Waals surface area (Å²) in [7, 11) is 2.05. The number of halogens is 1. The fourth-order valence-corrected chi connectivity index (χ4v) is 2.51. The van der Waals surface area contributed by atoms with Crippen LogP contribution in [0.15, 0.2) is 51.4 Å². The first-order valence-corrected chi connectivity index (χ1v) is 7.47. The van der Waals surface area contributed by atoms with E-state index in [9.17, 15) is 0 Å². The summed E-state index contributed by atoms with van der Waals surface area (Å²) < 4.78 is 6.82. The molecular formula is C16H16BrN3O. The van der Waals surface area contributed by atoms with Crippen molar-refractivity contribution in [2.75, 3.05) is 12.8 Å². The Kier molecular flexibility index (Phi) is 3.94. The highest BCUT2D eigenvalue weighted by Crippen LogP contribution is 2.19. The molecule has 21 heavy (non-hydrogen) atoms. The Bertz CT molecular complexity index is 752. The van der Waals surface area contributed by atoms with Gasteiger partial charge in [-0.1, -0.05) is 28.1 Å². The second-order valence-electron chi connectivity index (χ2n) is 5.13. The van der Waals surface area contributed by atoms with Gasteiger partial charge in [0.15, 0.2) is 5.58 Å². The topological polar surface area (TPSA) is 55.3 Å². The van der Waals surface area contributed by atoms with Crippen LogP contribution in [0.25, 0.3) is 11.1 Å². The molecule has 0 spiro atoms. The van der Waals surface area contributed by atoms with E-state index in [0.717, 1.165) is 22.1 Å². The quantitative estimate of drug-likeness (QED) is 0.730. The highest BCUT2D eigenvalue weighted by molar-refractivity contribution is 9.10. The number of benzene rings is 2. The maximum Gasteiger partial charge on any atom is 0.209 e. The Balaban J connectivity index is 1.70. The molecule has 0 aliphatic heterocycles. The van der Waals surface area contributed by atoms with Crippen LogP contribution in [-0.2, 0) is 13.1 Å². The Morgan fingerprint density at radius 3 is 2.67 bits per heavy atom. The third kappa shape index (κ3) is 3.43. The van der Waals surface area contributed by atoms with Crippen LogP contribution in [0.2, 0.25) is 0 Å². The highest BCUT2D eigenvalue weighted by atomic mass is 79.9. The van der Waals surface area contributed by atoms with E-state index >= 15 is 0 Å². The first-order valence-electron chi connectivity index (χ1n) is 6.68. The monoisotopic (exact) mass is 345 g/mol. The Hall–Kier alpha value is -1.85. The van der Waals surface area contributed by atoms with Crippen molar-refractivity contribution in [3.8, 4) is 0 Å². The number of aromatic nitrogens is 1. The van der Waals surface area contributed by atoms with Crippen molar-refractivity contribution in [2.45, 2.75) is 13.1 Å². The lowest BCUT2D eigenvalue weighted by Gasteiger charge is -2.14. The van der Waals surface area contributed by atoms with Crippen molar-refractivity contribution in [3.63, 3.8) is 0 Å². The Morgan fingerprint density at radius 2 is 1.90 bits per heavy atom. The highest BCUT2D eigenvalue weighted by Gasteiger charge is 2.09. The summed E-state index contributed by atoms with van der Waals surface area (Å²) in [5, 5.41) is 0. The zero-order chi connectivity index (χ0) is 14.8. The average molecular weight is 346 g/mol. The van der Waals surface area contributed by atoms with E-state index in [2.05, 4.69) is 37.9 Å². The van der Waals surface area contributed by atoms with Gasteiger partial charge >= 0.3 is 0 Å². The second kappa shape index (κ2) is 5.87. The molecule has 1 aromatic heterocycles. The van der Waals surface area contributed by atoms with Crippen LogP contribution < -0.4 is 5.73 Å². The molecule has 4 nitrogen and oxygen atoms in total. The fraction of sp³-hybridized carbons (Fsp3) is 0.188. The molecule has 0 aliphatic carbocycles. The summed E-state index contributed by atoms with van der Waals surface area (Å²) in [6.45, 7) is 1.50. The lowest BCUT2D eigenvalue weighted by molar-refractivity contribution is 0.285. The van der Waals surface area contributed by atoms with Crippen LogP contribution in [0, 0.1) is 0 Å². The molecular weight excluding hydrogens is 330 g/mol. The molecule has 1 heterocycles. The number of nitrogen functional groups attached to an aromatic ring is 1. The molecule has 0 unspecified atom stereocenters. The van der Waals surface area contributed by atoms with Gasteiger partial charge in [-0.15, -0.1) is 0 Å². The van der Waals surface area contributed by atoms with Gasteiger partial charge in [0.2, 0.25) is 5.89 Å². The predicted octanol–water partition coefficient (Wildman–Crippen LogP) is 3.80. The van der Waals surface area contributed by atoms with E-state index in [1.54, 1.807) is 6.07 Å². The molecule has 2 N–H and O–H groups in total. The van der Waals surface area contributed by atoms with Crippen LogP contribution in [-0.4, -0.2) is 16.9 Å². The van der Waals surface area contributed by atoms with Crippen LogP contribution in [0.4, 0.5) is 5.69 Å². The van der Waals surface area contributed by atoms with Gasteiger partial charge in [0, 0.05) is 22.8 Å². The van der Waals surface area contributed by atoms with Crippen LogP contribution >= 0.6 is 15.9 Å². The van der Waals surface area contributed by atoms with E-state index in [1.807, 2.05) is 31.3 Å². The van der Waals surface area contributed by atoms with Crippen LogP contribution in [0.1, 0.15) is 11.5 Å². The molecule has 3 rings (SSSR count). The number of nitrogens with zero attached hydrogens (tertiary/aromatic N) is 2. The molecule has 0 aliphatic rings. The van der Waals surface area contributed by atoms with Crippen molar-refractivity contribution in [2.24, 2.45) is 0 Å². The van der Waals surface area contributed by atoms with Crippen molar-refractivity contribution >= 4 is 32.7 Å². The molecule has 5 heteroatoms. The number of rotatable bonds is 4. The SMILES string of the molecule is CN(Cc1ccc(Br)cc1)Cc1nc2ccc(N)cc2o1. The third-order valence-corrected chi connectivity index (χ3v) is 3.76. The number of hydrogen-bond donors (Lipinski definition) is 1. The lowest BCUT2D eigenvalue weighted by Crippen LogP contribution is -2.17. The molecule has 0 atom stereocenters. The van der Waals surface area contributed by atoms with E-state index in [1.165, 1.54) is 5.56 Å². The Labute approximate surface area is 131 Å². The van der Waals surface area contributed by atoms with Crippen LogP contribution in [0.3, 0.4) is 0 Å². The standard InChI is InChI=1S/C16H16BrN3O/c1-20(9-11-2-4-12(17)5-3-11)10-16-19-14-7-6-13(18)8-15(14)21-16/h2-8H,9-10,18H2,1H3. The summed E-state index contributed by atoms with van der Waals surface area (Å²) in [4.78, 5) is 6.64. The van der Waals surface area contributed by atoms with Gasteiger partial charge in [-0.3, -0.25) is 4.90 Å². The number of anilines is 1. The van der Waals surface area contributed by atoms with Gasteiger partial charge < -0.3 is 10.2 Å². The first kappa shape index (κ1) is 14.1. The molecule has 2 aromatic carbocycles. The van der Waals surface area contributed by atoms with E-state index < -0.39 is 0 Å². The number of nitrogens with two attached hydrogens (primary N) is 1. The Morgan fingerprint density at radius 1 is 1.14 bits per heavy atom. The molecule has 0 saturated heterocycles. The van der Waals surface area contributed by atoms with Gasteiger partial charge in [0.05, 0.1) is 6.54 Å². The molecule has 0 radical (unpaired) electrons. The fourth-order valence-electron chi connectivity index (χ4n) is 2.24. The van der Waals surface area contributed by atoms with Crippen LogP contribution in [0.5, 0.6) is 0 Å². The van der Waals surface area contributed by atoms with Crippen molar-refractivity contribution < 1.29 is 4.42 Å². The molecule has 108 valence electrons. The van der Waals surface area contributed by atoms with Gasteiger partial charge in [-0.2, -0.15) is 0 Å². The molecule has 3 aromatic rings. The van der Waals surface area contributed by atoms with Gasteiger partial charge in [0.25, 0.3) is 0 Å². The number of fused-ring (bicyclic) bond motifs is 1. The smallest absolute Gasteiger partial charge is 0.209 e. The van der Waals surface area contributed by atoms with E-state index in [4.69, 9.17) is 10.2 Å². The summed E-state index contributed by atoms with van der Waals surface area (Å²) in [6, 6.07) is 13.8. The number of oxazole rings is 1. The predicted molar refractivity (Wildman–Crippen MR) is 87.7 cm³/mol. The van der Waals surface area contributed by atoms with Crippen molar-refractivity contribution in [3.05, 3.63) is 58.4 Å². The van der Waals surface area contributed by atoms with E-state index in [-0.39, 0.29) is 0 Å². The largest absolute Gasteiger partial charge is 0.439 e. The minimum Gasteiger partial charge on any atom is -0.439 e. The number of hydrogen-bond acceptors (Lipinski definition) is 4. The summed E-state index contributed by atoms with van der Waals surface area (Å²) >= 11 is 3.44. The van der Waals surface area contributed by atoms with Crippen molar-refractivity contribution in [1.82, 2.24) is 9.88 Å². The van der Waals surface area contributed by atoms with Gasteiger partial charge in [0.1, 0.15) is 5.52 Å². The zero-order valence-corrected chi connectivity index (χ0v) is 13.3. The second-order valence-corrected chi connectivity index (χ2v) is 6.05. The molecule has 0 bridgehead atoms. The first-order chi connectivity index (χ1) is 10.1. The zero-order valence-electron chi connectivity index (χ0n) is 11.7. The molecule has 0 amide bonds. The van der Waals surface area contributed by atoms with E-state index in [0.29, 0.717) is 18.1 Å². The normalized spacial score (nSPS) is 11.4. The summed E-state index contributed by atoms with van der Waals surface area (Å²) in [5.74, 6) is 0.704. The van der Waals surface area contributed by atoms with Crippen molar-refractivity contribution in [1.29, 1.82) is 0 Å². The third-order valence-electron chi connectivity index (χ3n) is 3.23. The lowest BCUT2D eigenvalue weighted by atomic mass is 10.2.